The highest BCUT2D eigenvalue weighted by Gasteiger charge is 2.51. The first-order chi connectivity index (χ1) is 33.2. The van der Waals surface area contributed by atoms with Crippen LogP contribution in [0.2, 0.25) is 0 Å². The van der Waals surface area contributed by atoms with E-state index in [-0.39, 0.29) is 69.7 Å². The highest BCUT2D eigenvalue weighted by Crippen LogP contribution is 2.48. The van der Waals surface area contributed by atoms with E-state index < -0.39 is 156 Å². The number of ether oxygens (including phenoxy) is 7. The van der Waals surface area contributed by atoms with Crippen LogP contribution in [0.4, 0.5) is 17.6 Å². The number of phosphoric ester groups is 1. The minimum Gasteiger partial charge on any atom is -0.466 e. The maximum Gasteiger partial charge on any atom is 0.472 e. The largest absolute Gasteiger partial charge is 0.472 e. The van der Waals surface area contributed by atoms with Crippen LogP contribution in [0.25, 0.3) is 0 Å². The molecule has 73 heavy (non-hydrogen) atoms. The molecule has 0 bridgehead atoms. The van der Waals surface area contributed by atoms with Crippen molar-refractivity contribution in [3.05, 3.63) is 23.3 Å². The lowest BCUT2D eigenvalue weighted by atomic mass is 9.64. The molecule has 1 aromatic carbocycles. The van der Waals surface area contributed by atoms with Crippen molar-refractivity contribution in [2.24, 2.45) is 16.2 Å². The minimum atomic E-state index is -5.73. The van der Waals surface area contributed by atoms with Gasteiger partial charge in [0.15, 0.2) is 16.5 Å². The summed E-state index contributed by atoms with van der Waals surface area (Å²) in [7, 11) is -9.23. The Balaban J connectivity index is 3.06. The van der Waals surface area contributed by atoms with Crippen molar-refractivity contribution in [2.45, 2.75) is 82.9 Å². The fourth-order valence-electron chi connectivity index (χ4n) is 6.59. The average molecular weight is 1210 g/mol. The van der Waals surface area contributed by atoms with Gasteiger partial charge in [0, 0.05) is 5.75 Å². The third kappa shape index (κ3) is 24.2. The molecule has 23 nitrogen and oxygen atoms in total. The van der Waals surface area contributed by atoms with Gasteiger partial charge in [-0.1, -0.05) is 15.9 Å². The summed E-state index contributed by atoms with van der Waals surface area (Å²) in [5, 5.41) is 0. The molecule has 0 amide bonds. The minimum absolute atomic E-state index is 0.0104. The third-order valence-corrected chi connectivity index (χ3v) is 14.7. The van der Waals surface area contributed by atoms with Crippen LogP contribution >= 0.6 is 34.5 Å². The molecule has 422 valence electrons. The molecule has 0 fully saturated rings. The number of carbonyl (C=O) groups excluding carboxylic acids is 5. The number of likely N-dealkylation sites (N-methyl/N-ethyl adjacent to an activating group) is 1. The van der Waals surface area contributed by atoms with Crippen LogP contribution in [0.5, 0.6) is 5.75 Å². The van der Waals surface area contributed by atoms with Gasteiger partial charge >= 0.3 is 56.9 Å². The van der Waals surface area contributed by atoms with Crippen molar-refractivity contribution in [1.82, 2.24) is 0 Å². The van der Waals surface area contributed by atoms with Gasteiger partial charge in [-0.2, -0.15) is 25.6 Å². The zero-order valence-corrected chi connectivity index (χ0v) is 46.6. The summed E-state index contributed by atoms with van der Waals surface area (Å²) in [4.78, 5) is 74.3. The summed E-state index contributed by atoms with van der Waals surface area (Å²) >= 11 is 3.32. The Morgan fingerprint density at radius 2 is 1.15 bits per heavy atom. The second kappa shape index (κ2) is 28.9. The molecule has 0 aliphatic rings. The van der Waals surface area contributed by atoms with Crippen LogP contribution in [0.1, 0.15) is 73.6 Å². The molecule has 4 atom stereocenters. The van der Waals surface area contributed by atoms with Crippen molar-refractivity contribution in [3.63, 3.8) is 0 Å². The number of nitrogens with zero attached hydrogens (tertiary/aromatic N) is 1. The summed E-state index contributed by atoms with van der Waals surface area (Å²) < 4.78 is 177. The Hall–Kier alpha value is -3.07. The van der Waals surface area contributed by atoms with Gasteiger partial charge < -0.3 is 42.5 Å². The zero-order valence-electron chi connectivity index (χ0n) is 41.6. The van der Waals surface area contributed by atoms with Crippen molar-refractivity contribution in [1.29, 1.82) is 0 Å². The van der Waals surface area contributed by atoms with E-state index in [0.717, 1.165) is 0 Å². The van der Waals surface area contributed by atoms with Crippen molar-refractivity contribution < 1.29 is 124 Å². The molecule has 1 aromatic rings. The Bertz CT molecular complexity index is 2330. The van der Waals surface area contributed by atoms with E-state index in [0.29, 0.717) is 11.0 Å². The molecule has 0 spiro atoms. The van der Waals surface area contributed by atoms with Gasteiger partial charge in [0.2, 0.25) is 17.4 Å². The predicted octanol–water partition coefficient (Wildman–Crippen LogP) is 5.14. The van der Waals surface area contributed by atoms with Gasteiger partial charge in [-0.15, -0.1) is 0 Å². The van der Waals surface area contributed by atoms with E-state index in [1.807, 2.05) is 21.1 Å². The van der Waals surface area contributed by atoms with Crippen molar-refractivity contribution in [2.75, 3.05) is 99.5 Å². The highest BCUT2D eigenvalue weighted by molar-refractivity contribution is 9.10. The van der Waals surface area contributed by atoms with E-state index in [4.69, 9.17) is 46.6 Å². The maximum absolute atomic E-state index is 14.2. The number of alkyl halides is 1. The molecule has 0 saturated heterocycles. The molecular formula is C41H64BrF4NO22PS3+. The lowest BCUT2D eigenvalue weighted by Crippen LogP contribution is -2.45. The lowest BCUT2D eigenvalue weighted by Gasteiger charge is -2.40. The van der Waals surface area contributed by atoms with Crippen LogP contribution in [0.3, 0.4) is 0 Å². The zero-order chi connectivity index (χ0) is 56.4. The number of rotatable bonds is 35. The highest BCUT2D eigenvalue weighted by atomic mass is 79.9. The molecular weight excluding hydrogens is 1140 g/mol. The first kappa shape index (κ1) is 67.9. The second-order valence-electron chi connectivity index (χ2n) is 18.4. The Morgan fingerprint density at radius 1 is 0.658 bits per heavy atom. The van der Waals surface area contributed by atoms with Gasteiger partial charge in [0.05, 0.1) is 83.5 Å². The lowest BCUT2D eigenvalue weighted by molar-refractivity contribution is -0.870. The van der Waals surface area contributed by atoms with E-state index in [1.165, 1.54) is 34.6 Å². The van der Waals surface area contributed by atoms with E-state index >= 15 is 0 Å². The molecule has 0 aliphatic carbocycles. The van der Waals surface area contributed by atoms with Gasteiger partial charge in [-0.3, -0.25) is 42.1 Å². The average Bonchev–Trinajstić information content (AvgIpc) is 3.24. The number of hydrogen-bond acceptors (Lipinski definition) is 20. The molecule has 0 aliphatic heterocycles. The maximum atomic E-state index is 14.2. The second-order valence-corrected chi connectivity index (χ2v) is 26.5. The Morgan fingerprint density at radius 3 is 1.68 bits per heavy atom. The summed E-state index contributed by atoms with van der Waals surface area (Å²) in [6.45, 7) is 5.93. The Labute approximate surface area is 433 Å². The molecule has 1 rings (SSSR count). The van der Waals surface area contributed by atoms with Crippen LogP contribution in [-0.2, 0) is 85.3 Å². The van der Waals surface area contributed by atoms with E-state index in [2.05, 4.69) is 20.7 Å². The first-order valence-corrected chi connectivity index (χ1v) is 28.5. The fraction of sp³-hybridized carbons (Fsp3) is 0.732. The summed E-state index contributed by atoms with van der Waals surface area (Å²) in [6, 6.07) is 0. The Kier molecular flexibility index (Phi) is 26.9. The number of carbonyl (C=O) groups is 5. The SMILES string of the molecule is CCOC(=O)C(C)(C)CC(C)(CC(C)(CCC(C)(Br)C(=O)OCCOCCOCCC(=O)Oc1c(F)c(F)c(S(=O)(=O)O)c(F)c1F)C(=O)OCCSS(=O)(=O)O)C(=O)OCCOP(=O)(O)OCC[N+](C)(C)C. The number of quaternary nitrogens is 1. The molecule has 32 heteroatoms. The molecule has 0 radical (unpaired) electrons. The quantitative estimate of drug-likeness (QED) is 0.00677. The van der Waals surface area contributed by atoms with Crippen LogP contribution in [-0.4, -0.2) is 169 Å². The normalized spacial score (nSPS) is 15.7. The molecule has 0 aromatic heterocycles. The van der Waals surface area contributed by atoms with Crippen molar-refractivity contribution in [3.8, 4) is 5.75 Å². The summed E-state index contributed by atoms with van der Waals surface area (Å²) in [5.74, 6) is -17.1. The standard InChI is InChI=1S/C41H63BrF4NO22PS3/c1-10-63-34(49)38(2,3)25-40(5,36(51)64-21-22-68-70(53,54)67-16-14-47(7,8)9)26-39(4,35(50)66-23-24-71-73(58,59)60)12-13-41(6,42)37(52)65-20-19-62-18-17-61-15-11-27(48)69-32-28(43)30(45)33(72(55,56)57)31(46)29(32)44/h10-26H2,1-9H3,(H2-,53,54,55,56,57,58,59,60)/p+1. The number of esters is 5. The number of benzene rings is 1. The molecule has 0 saturated carbocycles. The number of hydrogen-bond donors (Lipinski definition) is 3. The van der Waals surface area contributed by atoms with Crippen molar-refractivity contribution >= 4 is 83.7 Å². The molecule has 3 N–H and O–H groups in total. The van der Waals surface area contributed by atoms with E-state index in [9.17, 15) is 67.8 Å². The summed E-state index contributed by atoms with van der Waals surface area (Å²) in [5.41, 5.74) is -4.88. The number of halogens is 5. The molecule has 0 heterocycles. The fourth-order valence-corrected chi connectivity index (χ4v) is 9.42. The number of phosphoric acid groups is 1. The molecule has 4 unspecified atom stereocenters. The van der Waals surface area contributed by atoms with E-state index in [1.54, 1.807) is 6.92 Å². The summed E-state index contributed by atoms with van der Waals surface area (Å²) in [6.07, 6.45) is -1.88. The third-order valence-electron chi connectivity index (χ3n) is 10.1. The van der Waals surface area contributed by atoms with Gasteiger partial charge in [0.25, 0.3) is 0 Å². The topological polar surface area (TPSA) is 314 Å². The van der Waals surface area contributed by atoms with Crippen LogP contribution in [0, 0.1) is 39.5 Å². The van der Waals surface area contributed by atoms with Crippen LogP contribution < -0.4 is 4.74 Å². The monoisotopic (exact) mass is 1200 g/mol. The van der Waals surface area contributed by atoms with Gasteiger partial charge in [0.1, 0.15) is 37.3 Å². The van der Waals surface area contributed by atoms with Gasteiger partial charge in [-0.05, 0) is 78.0 Å². The van der Waals surface area contributed by atoms with Gasteiger partial charge in [-0.25, -0.2) is 13.3 Å². The van der Waals surface area contributed by atoms with Crippen LogP contribution in [0.15, 0.2) is 4.90 Å². The predicted molar refractivity (Wildman–Crippen MR) is 252 cm³/mol. The first-order valence-electron chi connectivity index (χ1n) is 21.9. The smallest absolute Gasteiger partial charge is 0.466 e.